The van der Waals surface area contributed by atoms with Crippen LogP contribution in [-0.4, -0.2) is 33.6 Å². The number of aliphatic hydroxyl groups is 3. The average Bonchev–Trinajstić information content (AvgIpc) is 2.19. The highest BCUT2D eigenvalue weighted by Gasteiger charge is 2.31. The molecule has 0 saturated carbocycles. The van der Waals surface area contributed by atoms with E-state index in [0.29, 0.717) is 5.57 Å². The zero-order valence-electron chi connectivity index (χ0n) is 6.31. The Balaban J connectivity index is 2.75. The topological polar surface area (TPSA) is 60.7 Å². The molecule has 1 aliphatic carbocycles. The predicted octanol–water partition coefficient (Wildman–Crippen LogP) is -0.415. The minimum absolute atomic E-state index is 0.576. The first-order valence-electron chi connectivity index (χ1n) is 3.55. The lowest BCUT2D eigenvalue weighted by Gasteiger charge is -2.11. The van der Waals surface area contributed by atoms with Crippen LogP contribution in [0.3, 0.4) is 0 Å². The van der Waals surface area contributed by atoms with Gasteiger partial charge in [0.25, 0.3) is 0 Å². The molecule has 0 saturated heterocycles. The van der Waals surface area contributed by atoms with Crippen LogP contribution in [-0.2, 0) is 0 Å². The summed E-state index contributed by atoms with van der Waals surface area (Å²) in [5.41, 5.74) is 0.576. The van der Waals surface area contributed by atoms with Crippen LogP contribution in [0.4, 0.5) is 0 Å². The number of aliphatic hydroxyl groups excluding tert-OH is 3. The van der Waals surface area contributed by atoms with Crippen molar-refractivity contribution >= 4 is 0 Å². The Labute approximate surface area is 65.3 Å². The second-order valence-corrected chi connectivity index (χ2v) is 2.59. The number of hydrogen-bond donors (Lipinski definition) is 3. The van der Waals surface area contributed by atoms with Crippen LogP contribution in [0.15, 0.2) is 23.8 Å². The summed E-state index contributed by atoms with van der Waals surface area (Å²) in [5.74, 6) is 0. The minimum Gasteiger partial charge on any atom is -0.387 e. The first kappa shape index (κ1) is 8.46. The quantitative estimate of drug-likeness (QED) is 0.483. The molecule has 0 aliphatic heterocycles. The molecule has 0 heterocycles. The second kappa shape index (κ2) is 3.17. The Morgan fingerprint density at radius 2 is 2.00 bits per heavy atom. The third-order valence-corrected chi connectivity index (χ3v) is 1.74. The van der Waals surface area contributed by atoms with Gasteiger partial charge in [-0.25, -0.2) is 0 Å². The van der Waals surface area contributed by atoms with Crippen LogP contribution in [0.5, 0.6) is 0 Å². The van der Waals surface area contributed by atoms with Crippen molar-refractivity contribution in [2.24, 2.45) is 0 Å². The second-order valence-electron chi connectivity index (χ2n) is 2.59. The average molecular weight is 156 g/mol. The Kier molecular flexibility index (Phi) is 2.44. The zero-order valence-corrected chi connectivity index (χ0v) is 6.31. The van der Waals surface area contributed by atoms with Crippen LogP contribution in [0.25, 0.3) is 0 Å². The van der Waals surface area contributed by atoms with E-state index in [1.165, 1.54) is 6.08 Å². The van der Waals surface area contributed by atoms with Gasteiger partial charge < -0.3 is 15.3 Å². The van der Waals surface area contributed by atoms with Gasteiger partial charge in [0.1, 0.15) is 18.3 Å². The van der Waals surface area contributed by atoms with Crippen molar-refractivity contribution in [1.29, 1.82) is 0 Å². The molecule has 3 nitrogen and oxygen atoms in total. The highest BCUT2D eigenvalue weighted by atomic mass is 16.4. The molecule has 0 amide bonds. The van der Waals surface area contributed by atoms with Crippen LogP contribution in [0, 0.1) is 0 Å². The molecule has 1 aliphatic rings. The van der Waals surface area contributed by atoms with Crippen molar-refractivity contribution in [2.45, 2.75) is 25.2 Å². The summed E-state index contributed by atoms with van der Waals surface area (Å²) in [6, 6.07) is 0. The van der Waals surface area contributed by atoms with E-state index in [1.807, 2.05) is 6.92 Å². The summed E-state index contributed by atoms with van der Waals surface area (Å²) >= 11 is 0. The van der Waals surface area contributed by atoms with E-state index in [1.54, 1.807) is 12.2 Å². The van der Waals surface area contributed by atoms with Crippen molar-refractivity contribution < 1.29 is 15.3 Å². The molecule has 0 aromatic heterocycles. The predicted molar refractivity (Wildman–Crippen MR) is 40.9 cm³/mol. The van der Waals surface area contributed by atoms with Crippen molar-refractivity contribution in [3.8, 4) is 0 Å². The highest BCUT2D eigenvalue weighted by Crippen LogP contribution is 2.20. The molecule has 3 heteroatoms. The SMILES string of the molecule is C/C=C/C1=CC(O)C(O)C1O. The standard InChI is InChI=1S/C8H12O3/c1-2-3-5-4-6(9)8(11)7(5)10/h2-4,6-11H,1H3/b3-2+. The van der Waals surface area contributed by atoms with Crippen molar-refractivity contribution in [2.75, 3.05) is 0 Å². The normalized spacial score (nSPS) is 38.2. The minimum atomic E-state index is -1.07. The summed E-state index contributed by atoms with van der Waals surface area (Å²) in [5, 5.41) is 27.4. The molecule has 3 unspecified atom stereocenters. The van der Waals surface area contributed by atoms with E-state index in [9.17, 15) is 5.11 Å². The monoisotopic (exact) mass is 156 g/mol. The third-order valence-electron chi connectivity index (χ3n) is 1.74. The number of allylic oxidation sites excluding steroid dienone is 1. The smallest absolute Gasteiger partial charge is 0.113 e. The molecule has 11 heavy (non-hydrogen) atoms. The van der Waals surface area contributed by atoms with Crippen molar-refractivity contribution in [3.63, 3.8) is 0 Å². The fraction of sp³-hybridized carbons (Fsp3) is 0.500. The molecule has 3 N–H and O–H groups in total. The molecule has 0 radical (unpaired) electrons. The first-order valence-corrected chi connectivity index (χ1v) is 3.55. The zero-order chi connectivity index (χ0) is 8.43. The molecule has 0 aromatic carbocycles. The Morgan fingerprint density at radius 3 is 2.36 bits per heavy atom. The molecule has 62 valence electrons. The molecule has 0 spiro atoms. The Morgan fingerprint density at radius 1 is 1.36 bits per heavy atom. The van der Waals surface area contributed by atoms with Gasteiger partial charge in [0.2, 0.25) is 0 Å². The van der Waals surface area contributed by atoms with Crippen LogP contribution in [0.2, 0.25) is 0 Å². The maximum absolute atomic E-state index is 9.23. The first-order chi connectivity index (χ1) is 5.16. The van der Waals surface area contributed by atoms with Crippen LogP contribution >= 0.6 is 0 Å². The molecule has 3 atom stereocenters. The lowest BCUT2D eigenvalue weighted by atomic mass is 10.1. The molecule has 0 bridgehead atoms. The molecule has 0 fully saturated rings. The van der Waals surface area contributed by atoms with E-state index in [-0.39, 0.29) is 0 Å². The van der Waals surface area contributed by atoms with Gasteiger partial charge >= 0.3 is 0 Å². The number of hydrogen-bond acceptors (Lipinski definition) is 3. The molecule has 0 aromatic rings. The maximum atomic E-state index is 9.23. The van der Waals surface area contributed by atoms with Crippen molar-refractivity contribution in [3.05, 3.63) is 23.8 Å². The maximum Gasteiger partial charge on any atom is 0.113 e. The van der Waals surface area contributed by atoms with E-state index >= 15 is 0 Å². The van der Waals surface area contributed by atoms with Gasteiger partial charge in [-0.1, -0.05) is 12.2 Å². The molecule has 1 rings (SSSR count). The van der Waals surface area contributed by atoms with Gasteiger partial charge in [0, 0.05) is 0 Å². The Bertz CT molecular complexity index is 196. The highest BCUT2D eigenvalue weighted by molar-refractivity contribution is 5.31. The van der Waals surface area contributed by atoms with Crippen LogP contribution < -0.4 is 0 Å². The molecular formula is C8H12O3. The van der Waals surface area contributed by atoms with E-state index in [4.69, 9.17) is 10.2 Å². The van der Waals surface area contributed by atoms with Crippen LogP contribution in [0.1, 0.15) is 6.92 Å². The third kappa shape index (κ3) is 1.50. The lowest BCUT2D eigenvalue weighted by molar-refractivity contribution is -0.00961. The summed E-state index contributed by atoms with van der Waals surface area (Å²) in [6.07, 6.45) is 1.93. The summed E-state index contributed by atoms with van der Waals surface area (Å²) in [4.78, 5) is 0. The largest absolute Gasteiger partial charge is 0.387 e. The summed E-state index contributed by atoms with van der Waals surface area (Å²) in [6.45, 7) is 1.81. The fourth-order valence-corrected chi connectivity index (χ4v) is 1.12. The summed E-state index contributed by atoms with van der Waals surface area (Å²) < 4.78 is 0. The van der Waals surface area contributed by atoms with Gasteiger partial charge in [-0.15, -0.1) is 0 Å². The number of rotatable bonds is 1. The van der Waals surface area contributed by atoms with Gasteiger partial charge in [-0.3, -0.25) is 0 Å². The van der Waals surface area contributed by atoms with Gasteiger partial charge in [-0.05, 0) is 18.6 Å². The summed E-state index contributed by atoms with van der Waals surface area (Å²) in [7, 11) is 0. The Hall–Kier alpha value is -0.640. The fourth-order valence-electron chi connectivity index (χ4n) is 1.12. The van der Waals surface area contributed by atoms with Gasteiger partial charge in [0.05, 0.1) is 0 Å². The lowest BCUT2D eigenvalue weighted by Crippen LogP contribution is -2.30. The van der Waals surface area contributed by atoms with Gasteiger partial charge in [0.15, 0.2) is 0 Å². The van der Waals surface area contributed by atoms with E-state index in [2.05, 4.69) is 0 Å². The molecular weight excluding hydrogens is 144 g/mol. The van der Waals surface area contributed by atoms with E-state index < -0.39 is 18.3 Å². The van der Waals surface area contributed by atoms with Crippen molar-refractivity contribution in [1.82, 2.24) is 0 Å². The van der Waals surface area contributed by atoms with Gasteiger partial charge in [-0.2, -0.15) is 0 Å². The van der Waals surface area contributed by atoms with E-state index in [0.717, 1.165) is 0 Å².